The van der Waals surface area contributed by atoms with Crippen molar-refractivity contribution >= 4 is 9.84 Å². The second-order valence-corrected chi connectivity index (χ2v) is 7.64. The quantitative estimate of drug-likeness (QED) is 0.733. The van der Waals surface area contributed by atoms with Crippen molar-refractivity contribution in [3.8, 4) is 5.75 Å². The van der Waals surface area contributed by atoms with Crippen LogP contribution in [-0.2, 0) is 22.8 Å². The van der Waals surface area contributed by atoms with Gasteiger partial charge in [-0.15, -0.1) is 0 Å². The van der Waals surface area contributed by atoms with Crippen LogP contribution in [0.1, 0.15) is 11.1 Å². The molecule has 24 heavy (non-hydrogen) atoms. The fourth-order valence-corrected chi connectivity index (χ4v) is 4.33. The molecule has 2 aromatic carbocycles. The van der Waals surface area contributed by atoms with Gasteiger partial charge in [0.2, 0.25) is 9.84 Å². The fraction of sp³-hybridized carbons (Fsp3) is 0.167. The SMILES string of the molecule is O=S(=O)(c1ccc(Cn2ccnc2)cc1)c1cccc2c1OCC2. The summed E-state index contributed by atoms with van der Waals surface area (Å²) in [5.41, 5.74) is 1.97. The number of rotatable bonds is 4. The molecular formula is C18H16N2O3S. The van der Waals surface area contributed by atoms with Gasteiger partial charge in [0.25, 0.3) is 0 Å². The van der Waals surface area contributed by atoms with Crippen LogP contribution in [0.15, 0.2) is 71.0 Å². The smallest absolute Gasteiger partial charge is 0.210 e. The lowest BCUT2D eigenvalue weighted by Crippen LogP contribution is -2.05. The van der Waals surface area contributed by atoms with E-state index in [1.807, 2.05) is 29.0 Å². The van der Waals surface area contributed by atoms with Gasteiger partial charge in [0.1, 0.15) is 10.6 Å². The predicted molar refractivity (Wildman–Crippen MR) is 88.9 cm³/mol. The average Bonchev–Trinajstić information content (AvgIpc) is 3.26. The molecule has 0 fully saturated rings. The summed E-state index contributed by atoms with van der Waals surface area (Å²) in [5.74, 6) is 0.500. The van der Waals surface area contributed by atoms with Gasteiger partial charge in [-0.1, -0.05) is 24.3 Å². The summed E-state index contributed by atoms with van der Waals surface area (Å²) in [6, 6.07) is 12.3. The molecule has 0 N–H and O–H groups in total. The molecule has 1 aromatic heterocycles. The number of nitrogens with zero attached hydrogens (tertiary/aromatic N) is 2. The molecule has 0 aliphatic carbocycles. The van der Waals surface area contributed by atoms with Gasteiger partial charge in [-0.3, -0.25) is 0 Å². The number of hydrogen-bond donors (Lipinski definition) is 0. The summed E-state index contributed by atoms with van der Waals surface area (Å²) >= 11 is 0. The summed E-state index contributed by atoms with van der Waals surface area (Å²) in [7, 11) is -3.59. The molecule has 0 radical (unpaired) electrons. The van der Waals surface area contributed by atoms with E-state index in [1.54, 1.807) is 36.8 Å². The Hall–Kier alpha value is -2.60. The Morgan fingerprint density at radius 3 is 2.71 bits per heavy atom. The van der Waals surface area contributed by atoms with E-state index in [0.29, 0.717) is 18.9 Å². The lowest BCUT2D eigenvalue weighted by molar-refractivity contribution is 0.348. The van der Waals surface area contributed by atoms with E-state index in [4.69, 9.17) is 4.74 Å². The molecule has 0 bridgehead atoms. The number of benzene rings is 2. The molecule has 3 aromatic rings. The third-order valence-corrected chi connectivity index (χ3v) is 5.92. The first-order chi connectivity index (χ1) is 11.6. The molecule has 2 heterocycles. The van der Waals surface area contributed by atoms with Crippen LogP contribution in [0.5, 0.6) is 5.75 Å². The molecule has 0 amide bonds. The Morgan fingerprint density at radius 1 is 1.12 bits per heavy atom. The molecule has 4 rings (SSSR count). The Bertz CT molecular complexity index is 962. The van der Waals surface area contributed by atoms with E-state index in [9.17, 15) is 8.42 Å². The number of fused-ring (bicyclic) bond motifs is 1. The highest BCUT2D eigenvalue weighted by atomic mass is 32.2. The Balaban J connectivity index is 1.67. The van der Waals surface area contributed by atoms with Crippen LogP contribution < -0.4 is 4.74 Å². The van der Waals surface area contributed by atoms with E-state index in [1.165, 1.54) is 0 Å². The number of para-hydroxylation sites is 1. The van der Waals surface area contributed by atoms with Crippen molar-refractivity contribution in [1.82, 2.24) is 9.55 Å². The molecule has 0 saturated carbocycles. The standard InChI is InChI=1S/C18H16N2O3S/c21-24(22,17-3-1-2-15-8-11-23-18(15)17)16-6-4-14(5-7-16)12-20-10-9-19-13-20/h1-7,9-10,13H,8,11-12H2. The summed E-state index contributed by atoms with van der Waals surface area (Å²) in [6.45, 7) is 1.19. The Morgan fingerprint density at radius 2 is 1.96 bits per heavy atom. The zero-order valence-electron chi connectivity index (χ0n) is 12.9. The maximum Gasteiger partial charge on any atom is 0.210 e. The summed E-state index contributed by atoms with van der Waals surface area (Å²) in [5, 5.41) is 0. The molecule has 1 aliphatic rings. The highest BCUT2D eigenvalue weighted by Gasteiger charge is 2.26. The van der Waals surface area contributed by atoms with E-state index in [-0.39, 0.29) is 9.79 Å². The van der Waals surface area contributed by atoms with Gasteiger partial charge in [0.15, 0.2) is 0 Å². The largest absolute Gasteiger partial charge is 0.492 e. The van der Waals surface area contributed by atoms with Gasteiger partial charge in [0, 0.05) is 25.4 Å². The van der Waals surface area contributed by atoms with Crippen LogP contribution in [0.4, 0.5) is 0 Å². The first-order valence-electron chi connectivity index (χ1n) is 7.69. The Kier molecular flexibility index (Phi) is 3.61. The van der Waals surface area contributed by atoms with Crippen LogP contribution in [0.2, 0.25) is 0 Å². The normalized spacial score (nSPS) is 13.5. The average molecular weight is 340 g/mol. The van der Waals surface area contributed by atoms with Crippen LogP contribution in [0.25, 0.3) is 0 Å². The lowest BCUT2D eigenvalue weighted by atomic mass is 10.2. The molecule has 0 saturated heterocycles. The highest BCUT2D eigenvalue weighted by Crippen LogP contribution is 2.35. The van der Waals surface area contributed by atoms with Crippen molar-refractivity contribution < 1.29 is 13.2 Å². The van der Waals surface area contributed by atoms with Crippen molar-refractivity contribution in [3.05, 3.63) is 72.3 Å². The Labute approximate surface area is 140 Å². The summed E-state index contributed by atoms with van der Waals surface area (Å²) in [4.78, 5) is 4.53. The van der Waals surface area contributed by atoms with E-state index < -0.39 is 9.84 Å². The summed E-state index contributed by atoms with van der Waals surface area (Å²) < 4.78 is 33.3. The van der Waals surface area contributed by atoms with Gasteiger partial charge < -0.3 is 9.30 Å². The molecule has 1 aliphatic heterocycles. The maximum absolute atomic E-state index is 12.9. The zero-order chi connectivity index (χ0) is 16.6. The number of imidazole rings is 1. The molecular weight excluding hydrogens is 324 g/mol. The van der Waals surface area contributed by atoms with E-state index in [2.05, 4.69) is 4.98 Å². The predicted octanol–water partition coefficient (Wildman–Crippen LogP) is 2.70. The van der Waals surface area contributed by atoms with Crippen LogP contribution >= 0.6 is 0 Å². The number of hydrogen-bond acceptors (Lipinski definition) is 4. The molecule has 0 spiro atoms. The van der Waals surface area contributed by atoms with E-state index >= 15 is 0 Å². The lowest BCUT2D eigenvalue weighted by Gasteiger charge is -2.10. The molecule has 122 valence electrons. The van der Waals surface area contributed by atoms with Crippen molar-refractivity contribution in [2.24, 2.45) is 0 Å². The number of ether oxygens (including phenoxy) is 1. The number of sulfone groups is 1. The monoisotopic (exact) mass is 340 g/mol. The second-order valence-electron chi connectivity index (χ2n) is 5.73. The molecule has 0 atom stereocenters. The van der Waals surface area contributed by atoms with Gasteiger partial charge in [-0.05, 0) is 29.3 Å². The highest BCUT2D eigenvalue weighted by molar-refractivity contribution is 7.91. The first kappa shape index (κ1) is 15.0. The van der Waals surface area contributed by atoms with Crippen LogP contribution in [0.3, 0.4) is 0 Å². The van der Waals surface area contributed by atoms with Crippen molar-refractivity contribution in [3.63, 3.8) is 0 Å². The molecule has 6 heteroatoms. The number of aromatic nitrogens is 2. The second kappa shape index (κ2) is 5.79. The molecule has 0 unspecified atom stereocenters. The van der Waals surface area contributed by atoms with Gasteiger partial charge in [0.05, 0.1) is 17.8 Å². The fourth-order valence-electron chi connectivity index (χ4n) is 2.89. The third-order valence-electron chi connectivity index (χ3n) is 4.13. The zero-order valence-corrected chi connectivity index (χ0v) is 13.7. The first-order valence-corrected chi connectivity index (χ1v) is 9.17. The van der Waals surface area contributed by atoms with Crippen LogP contribution in [0, 0.1) is 0 Å². The minimum absolute atomic E-state index is 0.250. The molecule has 5 nitrogen and oxygen atoms in total. The van der Waals surface area contributed by atoms with Crippen LogP contribution in [-0.4, -0.2) is 24.6 Å². The minimum Gasteiger partial charge on any atom is -0.492 e. The van der Waals surface area contributed by atoms with Gasteiger partial charge in [-0.25, -0.2) is 13.4 Å². The van der Waals surface area contributed by atoms with E-state index in [0.717, 1.165) is 17.5 Å². The topological polar surface area (TPSA) is 61.2 Å². The minimum atomic E-state index is -3.59. The maximum atomic E-state index is 12.9. The van der Waals surface area contributed by atoms with Gasteiger partial charge in [-0.2, -0.15) is 0 Å². The van der Waals surface area contributed by atoms with Gasteiger partial charge >= 0.3 is 0 Å². The van der Waals surface area contributed by atoms with Crippen molar-refractivity contribution in [2.75, 3.05) is 6.61 Å². The third kappa shape index (κ3) is 2.59. The van der Waals surface area contributed by atoms with Crippen molar-refractivity contribution in [2.45, 2.75) is 22.8 Å². The van der Waals surface area contributed by atoms with Crippen molar-refractivity contribution in [1.29, 1.82) is 0 Å². The summed E-state index contributed by atoms with van der Waals surface area (Å²) in [6.07, 6.45) is 6.07.